The standard InChI is InChI=1S/C44H30/c1-43(2)35-21-31-32-19-25-11-8-14-28-27-12-5-6-13-29(27)41(38(25)28)42(32)44(3,4)34(31)22-33(35)40-30-18-17-24-10-7-9-23-15-16-26(20-36(40)43)39(30)37(23)24/h5-22H,1-4H3. The largest absolute Gasteiger partial charge is 0.0616 e. The fourth-order valence-corrected chi connectivity index (χ4v) is 9.69. The molecule has 0 aliphatic heterocycles. The van der Waals surface area contributed by atoms with E-state index < -0.39 is 0 Å². The molecule has 0 amide bonds. The Kier molecular flexibility index (Phi) is 3.86. The number of hydrogen-bond donors (Lipinski definition) is 0. The van der Waals surface area contributed by atoms with Crippen LogP contribution in [0.25, 0.3) is 87.6 Å². The van der Waals surface area contributed by atoms with Gasteiger partial charge in [-0.2, -0.15) is 0 Å². The SMILES string of the molecule is CC1(C)c2cc3c(cc2-c2c1cc1ccc4cccc5ccc2c1c45)C(C)(C)c1c-3cc2cccc3c2c1-c1ccccc1-3. The van der Waals surface area contributed by atoms with E-state index in [1.54, 1.807) is 0 Å². The second-order valence-corrected chi connectivity index (χ2v) is 14.5. The van der Waals surface area contributed by atoms with Crippen molar-refractivity contribution in [2.24, 2.45) is 0 Å². The molecular formula is C44H30. The molecule has 0 saturated carbocycles. The van der Waals surface area contributed by atoms with E-state index in [1.807, 2.05) is 0 Å². The molecule has 8 aromatic rings. The highest BCUT2D eigenvalue weighted by molar-refractivity contribution is 6.27. The molecule has 3 aliphatic carbocycles. The summed E-state index contributed by atoms with van der Waals surface area (Å²) in [6.07, 6.45) is 0. The Morgan fingerprint density at radius 3 is 1.84 bits per heavy atom. The molecule has 0 bridgehead atoms. The van der Waals surface area contributed by atoms with Gasteiger partial charge in [-0.15, -0.1) is 0 Å². The predicted octanol–water partition coefficient (Wildman–Crippen LogP) is 12.0. The molecule has 0 heteroatoms. The van der Waals surface area contributed by atoms with E-state index in [-0.39, 0.29) is 10.8 Å². The van der Waals surface area contributed by atoms with Gasteiger partial charge < -0.3 is 0 Å². The topological polar surface area (TPSA) is 0 Å². The zero-order valence-electron chi connectivity index (χ0n) is 25.4. The van der Waals surface area contributed by atoms with Crippen molar-refractivity contribution in [1.82, 2.24) is 0 Å². The number of benzene rings is 8. The van der Waals surface area contributed by atoms with E-state index in [0.717, 1.165) is 0 Å². The van der Waals surface area contributed by atoms with Crippen molar-refractivity contribution in [3.63, 3.8) is 0 Å². The summed E-state index contributed by atoms with van der Waals surface area (Å²) in [4.78, 5) is 0. The first kappa shape index (κ1) is 23.5. The van der Waals surface area contributed by atoms with Crippen LogP contribution in [0.3, 0.4) is 0 Å². The van der Waals surface area contributed by atoms with E-state index in [4.69, 9.17) is 0 Å². The van der Waals surface area contributed by atoms with E-state index in [0.29, 0.717) is 0 Å². The Morgan fingerprint density at radius 1 is 0.364 bits per heavy atom. The summed E-state index contributed by atoms with van der Waals surface area (Å²) in [5.41, 5.74) is 16.9. The van der Waals surface area contributed by atoms with Crippen LogP contribution in [-0.4, -0.2) is 0 Å². The average molecular weight is 559 g/mol. The minimum absolute atomic E-state index is 0.0928. The second kappa shape index (κ2) is 7.22. The summed E-state index contributed by atoms with van der Waals surface area (Å²) in [6, 6.07) is 42.1. The Bertz CT molecular complexity index is 2630. The molecule has 0 unspecified atom stereocenters. The molecule has 0 aromatic heterocycles. The van der Waals surface area contributed by atoms with Crippen molar-refractivity contribution in [3.05, 3.63) is 131 Å². The third-order valence-corrected chi connectivity index (χ3v) is 11.7. The van der Waals surface area contributed by atoms with Crippen LogP contribution in [0, 0.1) is 0 Å². The van der Waals surface area contributed by atoms with Crippen LogP contribution >= 0.6 is 0 Å². The second-order valence-electron chi connectivity index (χ2n) is 14.5. The molecule has 0 fully saturated rings. The van der Waals surface area contributed by atoms with Crippen LogP contribution in [-0.2, 0) is 10.8 Å². The molecule has 206 valence electrons. The van der Waals surface area contributed by atoms with Crippen LogP contribution in [0.5, 0.6) is 0 Å². The lowest BCUT2D eigenvalue weighted by molar-refractivity contribution is 0.653. The highest BCUT2D eigenvalue weighted by Crippen LogP contribution is 2.62. The monoisotopic (exact) mass is 558 g/mol. The fourth-order valence-electron chi connectivity index (χ4n) is 9.69. The molecule has 0 saturated heterocycles. The van der Waals surface area contributed by atoms with Crippen molar-refractivity contribution in [2.75, 3.05) is 0 Å². The molecule has 8 aromatic carbocycles. The normalized spacial score (nSPS) is 16.1. The average Bonchev–Trinajstić information content (AvgIpc) is 3.57. The third kappa shape index (κ3) is 2.46. The molecule has 11 rings (SSSR count). The van der Waals surface area contributed by atoms with Gasteiger partial charge in [0.25, 0.3) is 0 Å². The number of rotatable bonds is 0. The molecular weight excluding hydrogens is 528 g/mol. The molecule has 0 atom stereocenters. The lowest BCUT2D eigenvalue weighted by Crippen LogP contribution is -2.17. The highest BCUT2D eigenvalue weighted by Gasteiger charge is 2.44. The molecule has 44 heavy (non-hydrogen) atoms. The zero-order valence-corrected chi connectivity index (χ0v) is 25.4. The van der Waals surface area contributed by atoms with Gasteiger partial charge in [-0.3, -0.25) is 0 Å². The summed E-state index contributed by atoms with van der Waals surface area (Å²) in [7, 11) is 0. The van der Waals surface area contributed by atoms with E-state index in [1.165, 1.54) is 110 Å². The van der Waals surface area contributed by atoms with E-state index in [2.05, 4.69) is 137 Å². The molecule has 0 nitrogen and oxygen atoms in total. The smallest absolute Gasteiger partial charge is 0.0165 e. The van der Waals surface area contributed by atoms with E-state index >= 15 is 0 Å². The number of fused-ring (bicyclic) bond motifs is 11. The van der Waals surface area contributed by atoms with E-state index in [9.17, 15) is 0 Å². The molecule has 0 N–H and O–H groups in total. The fraction of sp³-hybridized carbons (Fsp3) is 0.136. The zero-order chi connectivity index (χ0) is 29.3. The summed E-state index contributed by atoms with van der Waals surface area (Å²) in [5.74, 6) is 0. The molecule has 0 radical (unpaired) electrons. The summed E-state index contributed by atoms with van der Waals surface area (Å²) in [6.45, 7) is 9.79. The van der Waals surface area contributed by atoms with Crippen LogP contribution < -0.4 is 0 Å². The van der Waals surface area contributed by atoms with Crippen LogP contribution in [0.15, 0.2) is 109 Å². The number of hydrogen-bond acceptors (Lipinski definition) is 0. The summed E-state index contributed by atoms with van der Waals surface area (Å²) < 4.78 is 0. The maximum absolute atomic E-state index is 2.59. The Labute approximate surface area is 256 Å². The van der Waals surface area contributed by atoms with Gasteiger partial charge in [-0.25, -0.2) is 0 Å². The Balaban J connectivity index is 1.25. The Hall–Kier alpha value is -4.94. The quantitative estimate of drug-likeness (QED) is 0.162. The first-order valence-electron chi connectivity index (χ1n) is 15.9. The molecule has 3 aliphatic rings. The summed E-state index contributed by atoms with van der Waals surface area (Å²) >= 11 is 0. The van der Waals surface area contributed by atoms with Gasteiger partial charge in [0.05, 0.1) is 0 Å². The van der Waals surface area contributed by atoms with Gasteiger partial charge in [0.15, 0.2) is 0 Å². The van der Waals surface area contributed by atoms with Gasteiger partial charge in [-0.1, -0.05) is 113 Å². The molecule has 0 spiro atoms. The minimum atomic E-state index is -0.121. The lowest BCUT2D eigenvalue weighted by Gasteiger charge is -2.25. The van der Waals surface area contributed by atoms with Crippen molar-refractivity contribution >= 4 is 43.1 Å². The van der Waals surface area contributed by atoms with Crippen LogP contribution in [0.2, 0.25) is 0 Å². The maximum atomic E-state index is 2.59. The van der Waals surface area contributed by atoms with Gasteiger partial charge >= 0.3 is 0 Å². The Morgan fingerprint density at radius 2 is 1.00 bits per heavy atom. The maximum Gasteiger partial charge on any atom is 0.0165 e. The van der Waals surface area contributed by atoms with Crippen molar-refractivity contribution in [2.45, 2.75) is 38.5 Å². The first-order chi connectivity index (χ1) is 21.3. The summed E-state index contributed by atoms with van der Waals surface area (Å²) in [5, 5.41) is 11.0. The van der Waals surface area contributed by atoms with Gasteiger partial charge in [0, 0.05) is 10.8 Å². The third-order valence-electron chi connectivity index (χ3n) is 11.7. The van der Waals surface area contributed by atoms with Gasteiger partial charge in [-0.05, 0) is 134 Å². The van der Waals surface area contributed by atoms with Gasteiger partial charge in [0.2, 0.25) is 0 Å². The molecule has 0 heterocycles. The van der Waals surface area contributed by atoms with Crippen molar-refractivity contribution < 1.29 is 0 Å². The van der Waals surface area contributed by atoms with Crippen molar-refractivity contribution in [1.29, 1.82) is 0 Å². The van der Waals surface area contributed by atoms with Crippen LogP contribution in [0.4, 0.5) is 0 Å². The minimum Gasteiger partial charge on any atom is -0.0616 e. The van der Waals surface area contributed by atoms with Gasteiger partial charge in [0.1, 0.15) is 0 Å². The van der Waals surface area contributed by atoms with Crippen molar-refractivity contribution in [3.8, 4) is 44.5 Å². The predicted molar refractivity (Wildman–Crippen MR) is 187 cm³/mol. The first-order valence-corrected chi connectivity index (χ1v) is 15.9. The van der Waals surface area contributed by atoms with Crippen LogP contribution in [0.1, 0.15) is 49.9 Å². The highest BCUT2D eigenvalue weighted by atomic mass is 14.5. The lowest BCUT2D eigenvalue weighted by atomic mass is 9.77.